The Balaban J connectivity index is 1.93. The average Bonchev–Trinajstić information content (AvgIpc) is 2.56. The summed E-state index contributed by atoms with van der Waals surface area (Å²) >= 11 is 0. The normalized spacial score (nSPS) is 18.8. The maximum Gasteiger partial charge on any atom is 0.237 e. The SMILES string of the molecule is CCCN(Cc1ccc(C)cc1)C(=O)CN1CCCC(NC)C1. The molecule has 1 heterocycles. The number of nitrogens with zero attached hydrogens (tertiary/aromatic N) is 2. The minimum atomic E-state index is 0.254. The molecule has 0 aliphatic carbocycles. The Labute approximate surface area is 140 Å². The number of rotatable bonds is 7. The van der Waals surface area contributed by atoms with Gasteiger partial charge in [-0.25, -0.2) is 0 Å². The first-order valence-electron chi connectivity index (χ1n) is 8.85. The molecule has 1 aliphatic rings. The Hall–Kier alpha value is -1.39. The molecule has 1 amide bonds. The fourth-order valence-corrected chi connectivity index (χ4v) is 3.20. The van der Waals surface area contributed by atoms with E-state index in [0.29, 0.717) is 12.6 Å². The summed E-state index contributed by atoms with van der Waals surface area (Å²) in [5.74, 6) is 0.254. The van der Waals surface area contributed by atoms with Crippen molar-refractivity contribution in [2.75, 3.05) is 33.2 Å². The summed E-state index contributed by atoms with van der Waals surface area (Å²) < 4.78 is 0. The number of amides is 1. The molecule has 2 rings (SSSR count). The molecule has 128 valence electrons. The van der Waals surface area contributed by atoms with Crippen molar-refractivity contribution >= 4 is 5.91 Å². The molecule has 1 atom stereocenters. The standard InChI is InChI=1S/C19H31N3O/c1-4-11-22(13-17-9-7-16(2)8-10-17)19(23)15-21-12-5-6-18(14-21)20-3/h7-10,18,20H,4-6,11-15H2,1-3H3. The third-order valence-electron chi connectivity index (χ3n) is 4.61. The quantitative estimate of drug-likeness (QED) is 0.839. The summed E-state index contributed by atoms with van der Waals surface area (Å²) in [5, 5.41) is 3.34. The molecule has 0 radical (unpaired) electrons. The van der Waals surface area contributed by atoms with Gasteiger partial charge in [0.05, 0.1) is 6.54 Å². The number of hydrogen-bond donors (Lipinski definition) is 1. The van der Waals surface area contributed by atoms with Crippen molar-refractivity contribution in [1.29, 1.82) is 0 Å². The van der Waals surface area contributed by atoms with Gasteiger partial charge in [0, 0.05) is 25.7 Å². The van der Waals surface area contributed by atoms with Gasteiger partial charge in [-0.1, -0.05) is 36.8 Å². The topological polar surface area (TPSA) is 35.6 Å². The van der Waals surface area contributed by atoms with E-state index in [1.807, 2.05) is 11.9 Å². The van der Waals surface area contributed by atoms with Gasteiger partial charge >= 0.3 is 0 Å². The Kier molecular flexibility index (Phi) is 7.06. The number of aryl methyl sites for hydroxylation is 1. The molecular formula is C19H31N3O. The highest BCUT2D eigenvalue weighted by Crippen LogP contribution is 2.12. The number of hydrogen-bond acceptors (Lipinski definition) is 3. The van der Waals surface area contributed by atoms with Crippen LogP contribution < -0.4 is 5.32 Å². The summed E-state index contributed by atoms with van der Waals surface area (Å²) in [6.07, 6.45) is 3.38. The van der Waals surface area contributed by atoms with E-state index in [4.69, 9.17) is 0 Å². The van der Waals surface area contributed by atoms with E-state index in [1.54, 1.807) is 0 Å². The van der Waals surface area contributed by atoms with Gasteiger partial charge in [0.2, 0.25) is 5.91 Å². The number of likely N-dealkylation sites (N-methyl/N-ethyl adjacent to an activating group) is 1. The Morgan fingerprint density at radius 1 is 1.35 bits per heavy atom. The highest BCUT2D eigenvalue weighted by molar-refractivity contribution is 5.78. The molecule has 1 saturated heterocycles. The van der Waals surface area contributed by atoms with E-state index in [2.05, 4.69) is 48.3 Å². The maximum atomic E-state index is 12.7. The fourth-order valence-electron chi connectivity index (χ4n) is 3.20. The lowest BCUT2D eigenvalue weighted by atomic mass is 10.1. The van der Waals surface area contributed by atoms with Crippen LogP contribution in [0.4, 0.5) is 0 Å². The summed E-state index contributed by atoms with van der Waals surface area (Å²) in [5.41, 5.74) is 2.47. The van der Waals surface area contributed by atoms with Gasteiger partial charge < -0.3 is 10.2 Å². The lowest BCUT2D eigenvalue weighted by Gasteiger charge is -2.33. The van der Waals surface area contributed by atoms with Crippen LogP contribution in [-0.4, -0.2) is 55.0 Å². The first-order chi connectivity index (χ1) is 11.1. The van der Waals surface area contributed by atoms with Crippen LogP contribution in [0.15, 0.2) is 24.3 Å². The summed E-state index contributed by atoms with van der Waals surface area (Å²) in [7, 11) is 2.01. The molecule has 1 aromatic carbocycles. The van der Waals surface area contributed by atoms with Gasteiger partial charge in [0.25, 0.3) is 0 Å². The van der Waals surface area contributed by atoms with Crippen LogP contribution in [0, 0.1) is 6.92 Å². The molecule has 1 aromatic rings. The molecule has 1 fully saturated rings. The van der Waals surface area contributed by atoms with Crippen molar-refractivity contribution in [2.24, 2.45) is 0 Å². The van der Waals surface area contributed by atoms with Crippen molar-refractivity contribution < 1.29 is 4.79 Å². The summed E-state index contributed by atoms with van der Waals surface area (Å²) in [4.78, 5) is 17.0. The molecule has 0 spiro atoms. The van der Waals surface area contributed by atoms with Gasteiger partial charge in [0.15, 0.2) is 0 Å². The zero-order valence-corrected chi connectivity index (χ0v) is 14.8. The second kappa shape index (κ2) is 9.04. The molecule has 23 heavy (non-hydrogen) atoms. The van der Waals surface area contributed by atoms with Crippen LogP contribution in [0.25, 0.3) is 0 Å². The molecule has 1 aliphatic heterocycles. The van der Waals surface area contributed by atoms with Crippen molar-refractivity contribution in [3.05, 3.63) is 35.4 Å². The smallest absolute Gasteiger partial charge is 0.237 e. The Morgan fingerprint density at radius 3 is 2.74 bits per heavy atom. The van der Waals surface area contributed by atoms with Gasteiger partial charge in [-0.05, 0) is 45.3 Å². The molecule has 1 N–H and O–H groups in total. The van der Waals surface area contributed by atoms with Crippen molar-refractivity contribution in [1.82, 2.24) is 15.1 Å². The number of carbonyl (C=O) groups excluding carboxylic acids is 1. The highest BCUT2D eigenvalue weighted by Gasteiger charge is 2.22. The van der Waals surface area contributed by atoms with Crippen molar-refractivity contribution in [3.8, 4) is 0 Å². The van der Waals surface area contributed by atoms with E-state index in [0.717, 1.165) is 32.6 Å². The predicted molar refractivity (Wildman–Crippen MR) is 95.4 cm³/mol. The van der Waals surface area contributed by atoms with Gasteiger partial charge in [-0.15, -0.1) is 0 Å². The molecular weight excluding hydrogens is 286 g/mol. The first-order valence-corrected chi connectivity index (χ1v) is 8.85. The highest BCUT2D eigenvalue weighted by atomic mass is 16.2. The van der Waals surface area contributed by atoms with E-state index in [9.17, 15) is 4.79 Å². The van der Waals surface area contributed by atoms with Crippen LogP contribution in [0.2, 0.25) is 0 Å². The average molecular weight is 317 g/mol. The molecule has 0 saturated carbocycles. The van der Waals surface area contributed by atoms with E-state index in [1.165, 1.54) is 24.0 Å². The maximum absolute atomic E-state index is 12.7. The summed E-state index contributed by atoms with van der Waals surface area (Å²) in [6.45, 7) is 8.33. The number of benzene rings is 1. The van der Waals surface area contributed by atoms with Crippen molar-refractivity contribution in [2.45, 2.75) is 45.7 Å². The van der Waals surface area contributed by atoms with Crippen LogP contribution in [0.3, 0.4) is 0 Å². The number of carbonyl (C=O) groups is 1. The van der Waals surface area contributed by atoms with Crippen LogP contribution in [-0.2, 0) is 11.3 Å². The molecule has 0 aromatic heterocycles. The third kappa shape index (κ3) is 5.63. The van der Waals surface area contributed by atoms with Gasteiger partial charge in [-0.3, -0.25) is 9.69 Å². The van der Waals surface area contributed by atoms with Gasteiger partial charge in [-0.2, -0.15) is 0 Å². The molecule has 4 nitrogen and oxygen atoms in total. The minimum absolute atomic E-state index is 0.254. The number of nitrogens with one attached hydrogen (secondary N) is 1. The monoisotopic (exact) mass is 317 g/mol. The van der Waals surface area contributed by atoms with E-state index >= 15 is 0 Å². The minimum Gasteiger partial charge on any atom is -0.337 e. The van der Waals surface area contributed by atoms with Crippen LogP contribution >= 0.6 is 0 Å². The fraction of sp³-hybridized carbons (Fsp3) is 0.632. The number of piperidine rings is 1. The Morgan fingerprint density at radius 2 is 2.09 bits per heavy atom. The predicted octanol–water partition coefficient (Wildman–Crippen LogP) is 2.42. The first kappa shape index (κ1) is 18.0. The largest absolute Gasteiger partial charge is 0.337 e. The van der Waals surface area contributed by atoms with E-state index < -0.39 is 0 Å². The molecule has 0 bridgehead atoms. The summed E-state index contributed by atoms with van der Waals surface area (Å²) in [6, 6.07) is 9.01. The van der Waals surface area contributed by atoms with Crippen molar-refractivity contribution in [3.63, 3.8) is 0 Å². The lowest BCUT2D eigenvalue weighted by molar-refractivity contribution is -0.133. The second-order valence-corrected chi connectivity index (χ2v) is 6.66. The zero-order valence-electron chi connectivity index (χ0n) is 14.8. The van der Waals surface area contributed by atoms with Gasteiger partial charge in [0.1, 0.15) is 0 Å². The van der Waals surface area contributed by atoms with Crippen LogP contribution in [0.1, 0.15) is 37.3 Å². The second-order valence-electron chi connectivity index (χ2n) is 6.66. The molecule has 4 heteroatoms. The lowest BCUT2D eigenvalue weighted by Crippen LogP contribution is -2.48. The van der Waals surface area contributed by atoms with E-state index in [-0.39, 0.29) is 5.91 Å². The Bertz CT molecular complexity index is 486. The third-order valence-corrected chi connectivity index (χ3v) is 4.61. The number of likely N-dealkylation sites (tertiary alicyclic amines) is 1. The van der Waals surface area contributed by atoms with Crippen LogP contribution in [0.5, 0.6) is 0 Å². The molecule has 1 unspecified atom stereocenters. The zero-order chi connectivity index (χ0) is 16.7.